The predicted molar refractivity (Wildman–Crippen MR) is 118 cm³/mol. The van der Waals surface area contributed by atoms with E-state index in [1.165, 1.54) is 24.3 Å². The van der Waals surface area contributed by atoms with Gasteiger partial charge in [0.05, 0.1) is 5.69 Å². The lowest BCUT2D eigenvalue weighted by molar-refractivity contribution is 0.595. The second-order valence-electron chi connectivity index (χ2n) is 6.54. The second-order valence-corrected chi connectivity index (χ2v) is 7.56. The van der Waals surface area contributed by atoms with E-state index in [1.807, 2.05) is 10.6 Å². The molecule has 0 saturated heterocycles. The van der Waals surface area contributed by atoms with Crippen LogP contribution in [0.1, 0.15) is 0 Å². The van der Waals surface area contributed by atoms with Crippen LogP contribution in [0.5, 0.6) is 0 Å². The zero-order chi connectivity index (χ0) is 21.4. The quantitative estimate of drug-likeness (QED) is 0.255. The molecule has 6 aromatic rings. The molecule has 0 bridgehead atoms. The highest BCUT2D eigenvalue weighted by Crippen LogP contribution is 2.26. The van der Waals surface area contributed by atoms with Crippen LogP contribution < -0.4 is 0 Å². The van der Waals surface area contributed by atoms with Crippen molar-refractivity contribution in [3.05, 3.63) is 95.0 Å². The molecule has 9 heteroatoms. The first-order chi connectivity index (χ1) is 15.1. The van der Waals surface area contributed by atoms with E-state index in [4.69, 9.17) is 8.83 Å². The van der Waals surface area contributed by atoms with Crippen molar-refractivity contribution in [1.29, 1.82) is 0 Å². The van der Waals surface area contributed by atoms with Crippen LogP contribution in [0.3, 0.4) is 0 Å². The number of aromatic nitrogens is 4. The summed E-state index contributed by atoms with van der Waals surface area (Å²) < 4.78 is 40.4. The van der Waals surface area contributed by atoms with Gasteiger partial charge in [-0.05, 0) is 71.1 Å². The van der Waals surface area contributed by atoms with Gasteiger partial charge in [0.2, 0.25) is 0 Å². The molecule has 4 heterocycles. The Hall–Kier alpha value is -3.47. The molecule has 2 aromatic carbocycles. The minimum Gasteiger partial charge on any atom is -0.432 e. The molecule has 0 N–H and O–H groups in total. The van der Waals surface area contributed by atoms with Crippen LogP contribution in [0.15, 0.2) is 88.5 Å². The van der Waals surface area contributed by atoms with Gasteiger partial charge in [-0.25, -0.2) is 8.78 Å². The van der Waals surface area contributed by atoms with Crippen LogP contribution in [0, 0.1) is 15.3 Å². The van der Waals surface area contributed by atoms with Crippen molar-refractivity contribution in [3.63, 3.8) is 0 Å². The average Bonchev–Trinajstić information content (AvgIpc) is 3.53. The molecule has 0 aliphatic rings. The first-order valence-electron chi connectivity index (χ1n) is 9.13. The van der Waals surface area contributed by atoms with Gasteiger partial charge in [0.25, 0.3) is 0 Å². The van der Waals surface area contributed by atoms with Crippen LogP contribution >= 0.6 is 22.6 Å². The van der Waals surface area contributed by atoms with Crippen molar-refractivity contribution >= 4 is 34.3 Å². The number of halogens is 3. The van der Waals surface area contributed by atoms with Gasteiger partial charge in [-0.2, -0.15) is 9.97 Å². The molecule has 6 rings (SSSR count). The Morgan fingerprint density at radius 3 is 2.00 bits per heavy atom. The summed E-state index contributed by atoms with van der Waals surface area (Å²) in [6.45, 7) is 0. The van der Waals surface area contributed by atoms with Crippen LogP contribution in [-0.4, -0.2) is 18.8 Å². The van der Waals surface area contributed by atoms with E-state index in [0.29, 0.717) is 11.7 Å². The first-order valence-corrected chi connectivity index (χ1v) is 10.2. The summed E-state index contributed by atoms with van der Waals surface area (Å²) in [6, 6.07) is 12.5. The zero-order valence-electron chi connectivity index (χ0n) is 15.7. The lowest BCUT2D eigenvalue weighted by atomic mass is 10.2. The molecular weight excluding hydrogens is 517 g/mol. The molecule has 0 aliphatic heterocycles. The molecule has 0 amide bonds. The van der Waals surface area contributed by atoms with Crippen molar-refractivity contribution in [2.75, 3.05) is 0 Å². The van der Waals surface area contributed by atoms with Crippen molar-refractivity contribution in [3.8, 4) is 22.5 Å². The van der Waals surface area contributed by atoms with E-state index in [1.54, 1.807) is 53.6 Å². The van der Waals surface area contributed by atoms with Gasteiger partial charge in [-0.3, -0.25) is 8.80 Å². The molecule has 0 spiro atoms. The number of hydrogen-bond acceptors (Lipinski definition) is 4. The third-order valence-corrected chi connectivity index (χ3v) is 5.59. The van der Waals surface area contributed by atoms with E-state index < -0.39 is 0 Å². The Kier molecular flexibility index (Phi) is 5.02. The lowest BCUT2D eigenvalue weighted by Crippen LogP contribution is -1.84. The van der Waals surface area contributed by atoms with Crippen molar-refractivity contribution in [2.24, 2.45) is 0 Å². The maximum atomic E-state index is 12.8. The number of oxazole rings is 2. The van der Waals surface area contributed by atoms with Gasteiger partial charge in [0.15, 0.2) is 0 Å². The van der Waals surface area contributed by atoms with E-state index in [0.717, 1.165) is 26.2 Å². The van der Waals surface area contributed by atoms with E-state index in [9.17, 15) is 8.78 Å². The normalized spacial score (nSPS) is 11.1. The second kappa shape index (κ2) is 7.99. The fraction of sp³-hybridized carbons (Fsp3) is 0. The van der Waals surface area contributed by atoms with Crippen LogP contribution in [0.25, 0.3) is 34.2 Å². The molecule has 0 unspecified atom stereocenters. The molecule has 154 valence electrons. The van der Waals surface area contributed by atoms with Gasteiger partial charge in [-0.1, -0.05) is 0 Å². The highest BCUT2D eigenvalue weighted by Gasteiger charge is 2.13. The summed E-state index contributed by atoms with van der Waals surface area (Å²) >= 11 is 2.19. The van der Waals surface area contributed by atoms with Crippen molar-refractivity contribution < 1.29 is 17.6 Å². The average molecular weight is 530 g/mol. The standard InChI is InChI=1S/C11H6FIN2O.C11H7FN2O/c12-8-3-1-7(2-4-8)9-10(13)15-5-6-16-11(15)14-9;12-9-3-1-8(2-4-9)10-7-14-5-6-15-11(14)13-10/h1-6H;1-7H. The molecule has 0 fully saturated rings. The van der Waals surface area contributed by atoms with Gasteiger partial charge >= 0.3 is 11.7 Å². The third-order valence-electron chi connectivity index (χ3n) is 4.55. The maximum Gasteiger partial charge on any atom is 0.307 e. The van der Waals surface area contributed by atoms with Crippen LogP contribution in [0.4, 0.5) is 8.78 Å². The summed E-state index contributed by atoms with van der Waals surface area (Å²) in [5.74, 6) is 0.585. The Labute approximate surface area is 187 Å². The maximum absolute atomic E-state index is 12.8. The molecule has 4 aromatic heterocycles. The zero-order valence-corrected chi connectivity index (χ0v) is 17.9. The SMILES string of the molecule is Fc1ccc(-c2cn3ccoc3n2)cc1.Fc1ccc(-c2nc3occn3c2I)cc1. The highest BCUT2D eigenvalue weighted by atomic mass is 127. The van der Waals surface area contributed by atoms with Crippen LogP contribution in [0.2, 0.25) is 0 Å². The number of fused-ring (bicyclic) bond motifs is 2. The summed E-state index contributed by atoms with van der Waals surface area (Å²) in [6.07, 6.45) is 8.56. The van der Waals surface area contributed by atoms with E-state index in [-0.39, 0.29) is 11.6 Å². The number of benzene rings is 2. The number of imidazole rings is 2. The van der Waals surface area contributed by atoms with Crippen molar-refractivity contribution in [1.82, 2.24) is 18.8 Å². The topological polar surface area (TPSA) is 60.9 Å². The third kappa shape index (κ3) is 3.83. The minimum absolute atomic E-state index is 0.248. The fourth-order valence-corrected chi connectivity index (χ4v) is 3.84. The molecule has 0 atom stereocenters. The minimum atomic E-state index is -0.248. The van der Waals surface area contributed by atoms with E-state index >= 15 is 0 Å². The highest BCUT2D eigenvalue weighted by molar-refractivity contribution is 14.1. The molecular formula is C22H13F2IN4O2. The largest absolute Gasteiger partial charge is 0.432 e. The molecule has 0 aliphatic carbocycles. The Bertz CT molecular complexity index is 1430. The smallest absolute Gasteiger partial charge is 0.307 e. The molecule has 6 nitrogen and oxygen atoms in total. The van der Waals surface area contributed by atoms with Crippen molar-refractivity contribution in [2.45, 2.75) is 0 Å². The Morgan fingerprint density at radius 2 is 1.35 bits per heavy atom. The summed E-state index contributed by atoms with van der Waals surface area (Å²) in [4.78, 5) is 8.58. The predicted octanol–water partition coefficient (Wildman–Crippen LogP) is 6.07. The summed E-state index contributed by atoms with van der Waals surface area (Å²) in [5.41, 5.74) is 3.33. The molecule has 0 radical (unpaired) electrons. The number of hydrogen-bond donors (Lipinski definition) is 0. The Balaban J connectivity index is 0.000000132. The lowest BCUT2D eigenvalue weighted by Gasteiger charge is -1.97. The van der Waals surface area contributed by atoms with Crippen LogP contribution in [-0.2, 0) is 0 Å². The summed E-state index contributed by atoms with van der Waals surface area (Å²) in [7, 11) is 0. The Morgan fingerprint density at radius 1 is 0.742 bits per heavy atom. The van der Waals surface area contributed by atoms with Gasteiger partial charge in [0, 0.05) is 29.7 Å². The van der Waals surface area contributed by atoms with E-state index in [2.05, 4.69) is 32.6 Å². The van der Waals surface area contributed by atoms with Gasteiger partial charge in [-0.15, -0.1) is 0 Å². The fourth-order valence-electron chi connectivity index (χ4n) is 3.04. The number of rotatable bonds is 2. The monoisotopic (exact) mass is 530 g/mol. The first kappa shape index (κ1) is 19.5. The number of nitrogens with zero attached hydrogens (tertiary/aromatic N) is 4. The van der Waals surface area contributed by atoms with Gasteiger partial charge < -0.3 is 8.83 Å². The van der Waals surface area contributed by atoms with Gasteiger partial charge in [0.1, 0.15) is 33.6 Å². The molecule has 0 saturated carbocycles. The summed E-state index contributed by atoms with van der Waals surface area (Å²) in [5, 5.41) is 0. The molecule has 31 heavy (non-hydrogen) atoms.